The minimum atomic E-state index is -0.267. The van der Waals surface area contributed by atoms with E-state index in [4.69, 9.17) is 4.42 Å². The lowest BCUT2D eigenvalue weighted by atomic mass is 10.1. The van der Waals surface area contributed by atoms with Crippen molar-refractivity contribution in [1.29, 1.82) is 0 Å². The van der Waals surface area contributed by atoms with Gasteiger partial charge in [0.05, 0.1) is 5.69 Å². The summed E-state index contributed by atoms with van der Waals surface area (Å²) in [5.41, 5.74) is 2.64. The second-order valence-electron chi connectivity index (χ2n) is 5.95. The molecule has 4 aromatic rings. The van der Waals surface area contributed by atoms with Crippen molar-refractivity contribution in [2.75, 3.05) is 5.32 Å². The Labute approximate surface area is 163 Å². The van der Waals surface area contributed by atoms with Crippen LogP contribution in [-0.4, -0.2) is 26.3 Å². The number of amides is 1. The summed E-state index contributed by atoms with van der Waals surface area (Å²) in [5, 5.41) is 21.1. The van der Waals surface area contributed by atoms with Crippen LogP contribution in [0.5, 0.6) is 0 Å². The minimum Gasteiger partial charge on any atom is -0.421 e. The Balaban J connectivity index is 1.37. The summed E-state index contributed by atoms with van der Waals surface area (Å²) in [7, 11) is 0. The fourth-order valence-corrected chi connectivity index (χ4v) is 3.19. The van der Waals surface area contributed by atoms with Gasteiger partial charge in [-0.25, -0.2) is 5.10 Å². The SMILES string of the molecule is O=C(CCc1nnc(-c2ccsc2)o1)Nc1cccc(-c2ccc(=O)[nH]n2)c1. The number of nitrogens with zero attached hydrogens (tertiary/aromatic N) is 3. The summed E-state index contributed by atoms with van der Waals surface area (Å²) in [6.07, 6.45) is 0.566. The van der Waals surface area contributed by atoms with E-state index in [0.717, 1.165) is 11.1 Å². The molecule has 1 amide bonds. The minimum absolute atomic E-state index is 0.165. The molecule has 4 rings (SSSR count). The molecule has 2 N–H and O–H groups in total. The maximum atomic E-state index is 12.3. The molecule has 0 saturated heterocycles. The van der Waals surface area contributed by atoms with Crippen molar-refractivity contribution >= 4 is 22.9 Å². The first-order valence-electron chi connectivity index (χ1n) is 8.48. The molecule has 0 spiro atoms. The molecule has 0 saturated carbocycles. The van der Waals surface area contributed by atoms with Crippen molar-refractivity contribution in [3.8, 4) is 22.7 Å². The highest BCUT2D eigenvalue weighted by Crippen LogP contribution is 2.22. The van der Waals surface area contributed by atoms with Gasteiger partial charge in [0.15, 0.2) is 0 Å². The van der Waals surface area contributed by atoms with E-state index in [-0.39, 0.29) is 17.9 Å². The molecule has 3 heterocycles. The summed E-state index contributed by atoms with van der Waals surface area (Å²) in [6, 6.07) is 12.2. The van der Waals surface area contributed by atoms with Crippen LogP contribution in [0.15, 0.2) is 62.4 Å². The lowest BCUT2D eigenvalue weighted by Gasteiger charge is -2.06. The van der Waals surface area contributed by atoms with E-state index >= 15 is 0 Å². The summed E-state index contributed by atoms with van der Waals surface area (Å²) in [6.45, 7) is 0. The van der Waals surface area contributed by atoms with Crippen LogP contribution in [0.2, 0.25) is 0 Å². The Hall–Kier alpha value is -3.59. The van der Waals surface area contributed by atoms with Gasteiger partial charge in [-0.1, -0.05) is 12.1 Å². The third-order valence-corrected chi connectivity index (χ3v) is 4.61. The molecule has 0 radical (unpaired) electrons. The molecule has 9 heteroatoms. The molecular weight excluding hydrogens is 378 g/mol. The Bertz CT molecular complexity index is 1130. The van der Waals surface area contributed by atoms with Gasteiger partial charge in [-0.15, -0.1) is 10.2 Å². The molecule has 0 unspecified atom stereocenters. The number of rotatable bonds is 6. The first-order valence-corrected chi connectivity index (χ1v) is 9.42. The average molecular weight is 393 g/mol. The maximum absolute atomic E-state index is 12.3. The van der Waals surface area contributed by atoms with Crippen LogP contribution >= 0.6 is 11.3 Å². The largest absolute Gasteiger partial charge is 0.421 e. The van der Waals surface area contributed by atoms with E-state index in [9.17, 15) is 9.59 Å². The molecule has 140 valence electrons. The van der Waals surface area contributed by atoms with Crippen LogP contribution in [0.1, 0.15) is 12.3 Å². The van der Waals surface area contributed by atoms with E-state index < -0.39 is 0 Å². The van der Waals surface area contributed by atoms with E-state index in [1.165, 1.54) is 6.07 Å². The molecule has 28 heavy (non-hydrogen) atoms. The monoisotopic (exact) mass is 393 g/mol. The third kappa shape index (κ3) is 4.21. The highest BCUT2D eigenvalue weighted by molar-refractivity contribution is 7.08. The molecule has 0 bridgehead atoms. The van der Waals surface area contributed by atoms with Crippen LogP contribution in [0.25, 0.3) is 22.7 Å². The number of H-pyrrole nitrogens is 1. The van der Waals surface area contributed by atoms with Gasteiger partial charge in [-0.2, -0.15) is 16.4 Å². The Morgan fingerprint density at radius 3 is 2.86 bits per heavy atom. The zero-order valence-electron chi connectivity index (χ0n) is 14.6. The van der Waals surface area contributed by atoms with Gasteiger partial charge in [0, 0.05) is 41.1 Å². The number of hydrogen-bond donors (Lipinski definition) is 2. The van der Waals surface area contributed by atoms with Gasteiger partial charge in [0.2, 0.25) is 17.7 Å². The van der Waals surface area contributed by atoms with Crippen molar-refractivity contribution in [3.63, 3.8) is 0 Å². The number of aromatic nitrogens is 4. The molecular formula is C19H15N5O3S. The predicted molar refractivity (Wildman–Crippen MR) is 105 cm³/mol. The summed E-state index contributed by atoms with van der Waals surface area (Å²) in [4.78, 5) is 23.4. The van der Waals surface area contributed by atoms with Gasteiger partial charge in [0.1, 0.15) is 0 Å². The highest BCUT2D eigenvalue weighted by atomic mass is 32.1. The maximum Gasteiger partial charge on any atom is 0.264 e. The van der Waals surface area contributed by atoms with Crippen molar-refractivity contribution in [1.82, 2.24) is 20.4 Å². The van der Waals surface area contributed by atoms with Gasteiger partial charge in [-0.3, -0.25) is 9.59 Å². The predicted octanol–water partition coefficient (Wildman–Crippen LogP) is 3.12. The number of carbonyl (C=O) groups is 1. The number of thiophene rings is 1. The van der Waals surface area contributed by atoms with Crippen molar-refractivity contribution in [2.24, 2.45) is 0 Å². The van der Waals surface area contributed by atoms with E-state index in [0.29, 0.717) is 29.6 Å². The van der Waals surface area contributed by atoms with Gasteiger partial charge in [0.25, 0.3) is 5.56 Å². The third-order valence-electron chi connectivity index (χ3n) is 3.92. The Kier molecular flexibility index (Phi) is 5.07. The Morgan fingerprint density at radius 1 is 1.14 bits per heavy atom. The van der Waals surface area contributed by atoms with Crippen LogP contribution in [0.4, 0.5) is 5.69 Å². The van der Waals surface area contributed by atoms with Gasteiger partial charge >= 0.3 is 0 Å². The van der Waals surface area contributed by atoms with Crippen LogP contribution < -0.4 is 10.9 Å². The second-order valence-corrected chi connectivity index (χ2v) is 6.73. The molecule has 0 atom stereocenters. The first kappa shape index (κ1) is 17.8. The van der Waals surface area contributed by atoms with E-state index in [1.54, 1.807) is 29.5 Å². The number of anilines is 1. The standard InChI is InChI=1S/C19H15N5O3S/c25-16(6-7-18-23-24-19(27-18)13-8-9-28-11-13)20-14-3-1-2-12(10-14)15-4-5-17(26)22-21-15/h1-5,8-11H,6-7H2,(H,20,25)(H,22,26). The number of benzene rings is 1. The second kappa shape index (κ2) is 7.97. The van der Waals surface area contributed by atoms with Crippen molar-refractivity contribution in [2.45, 2.75) is 12.8 Å². The van der Waals surface area contributed by atoms with Gasteiger partial charge < -0.3 is 9.73 Å². The van der Waals surface area contributed by atoms with E-state index in [1.807, 2.05) is 29.0 Å². The quantitative estimate of drug-likeness (QED) is 0.520. The lowest BCUT2D eigenvalue weighted by Crippen LogP contribution is -2.12. The van der Waals surface area contributed by atoms with Crippen molar-refractivity contribution in [3.05, 3.63) is 69.5 Å². The Morgan fingerprint density at radius 2 is 2.07 bits per heavy atom. The average Bonchev–Trinajstić information content (AvgIpc) is 3.39. The summed E-state index contributed by atoms with van der Waals surface area (Å²) < 4.78 is 5.58. The molecule has 8 nitrogen and oxygen atoms in total. The van der Waals surface area contributed by atoms with Crippen LogP contribution in [0, 0.1) is 0 Å². The molecule has 0 aliphatic carbocycles. The van der Waals surface area contributed by atoms with Crippen molar-refractivity contribution < 1.29 is 9.21 Å². The molecule has 0 aliphatic heterocycles. The normalized spacial score (nSPS) is 10.7. The smallest absolute Gasteiger partial charge is 0.264 e. The zero-order valence-corrected chi connectivity index (χ0v) is 15.4. The molecule has 3 aromatic heterocycles. The number of nitrogens with one attached hydrogen (secondary N) is 2. The molecule has 0 aliphatic rings. The van der Waals surface area contributed by atoms with E-state index in [2.05, 4.69) is 25.7 Å². The highest BCUT2D eigenvalue weighted by Gasteiger charge is 2.11. The fraction of sp³-hybridized carbons (Fsp3) is 0.105. The number of hydrogen-bond acceptors (Lipinski definition) is 7. The number of aromatic amines is 1. The summed E-state index contributed by atoms with van der Waals surface area (Å²) >= 11 is 1.55. The first-order chi connectivity index (χ1) is 13.7. The zero-order chi connectivity index (χ0) is 19.3. The topological polar surface area (TPSA) is 114 Å². The lowest BCUT2D eigenvalue weighted by molar-refractivity contribution is -0.116. The fourth-order valence-electron chi connectivity index (χ4n) is 2.56. The molecule has 1 aromatic carbocycles. The summed E-state index contributed by atoms with van der Waals surface area (Å²) in [5.74, 6) is 0.710. The number of aryl methyl sites for hydroxylation is 1. The molecule has 0 fully saturated rings. The van der Waals surface area contributed by atoms with Crippen LogP contribution in [-0.2, 0) is 11.2 Å². The van der Waals surface area contributed by atoms with Crippen LogP contribution in [0.3, 0.4) is 0 Å². The number of carbonyl (C=O) groups excluding carboxylic acids is 1. The van der Waals surface area contributed by atoms with Gasteiger partial charge in [-0.05, 0) is 29.6 Å².